The van der Waals surface area contributed by atoms with Gasteiger partial charge in [-0.15, -0.1) is 0 Å². The molecule has 0 spiro atoms. The lowest BCUT2D eigenvalue weighted by molar-refractivity contribution is -0.135. The molecular formula is C25H26N2O4. The summed E-state index contributed by atoms with van der Waals surface area (Å²) >= 11 is 0. The summed E-state index contributed by atoms with van der Waals surface area (Å²) in [4.78, 5) is 26.1. The Balaban J connectivity index is 1.51. The van der Waals surface area contributed by atoms with Crippen LogP contribution in [0.3, 0.4) is 0 Å². The van der Waals surface area contributed by atoms with Gasteiger partial charge in [0.1, 0.15) is 17.2 Å². The summed E-state index contributed by atoms with van der Waals surface area (Å²) in [7, 11) is 1.57. The maximum absolute atomic E-state index is 12.4. The Labute approximate surface area is 182 Å². The summed E-state index contributed by atoms with van der Waals surface area (Å²) < 4.78 is 11.4. The van der Waals surface area contributed by atoms with Crippen molar-refractivity contribution in [3.63, 3.8) is 0 Å². The molecule has 0 heterocycles. The van der Waals surface area contributed by atoms with Gasteiger partial charge in [0, 0.05) is 18.8 Å². The minimum absolute atomic E-state index is 0.0624. The van der Waals surface area contributed by atoms with E-state index in [-0.39, 0.29) is 25.0 Å². The molecule has 0 aromatic heterocycles. The number of anilines is 1. The quantitative estimate of drug-likeness (QED) is 0.582. The number of rotatable bonds is 8. The molecule has 2 amide bonds. The van der Waals surface area contributed by atoms with Crippen molar-refractivity contribution in [2.45, 2.75) is 13.8 Å². The lowest BCUT2D eigenvalue weighted by Crippen LogP contribution is -2.37. The molecule has 0 saturated heterocycles. The maximum atomic E-state index is 12.4. The largest absolute Gasteiger partial charge is 0.484 e. The fourth-order valence-electron chi connectivity index (χ4n) is 3.00. The highest BCUT2D eigenvalue weighted by atomic mass is 16.5. The van der Waals surface area contributed by atoms with Gasteiger partial charge in [0.15, 0.2) is 6.61 Å². The van der Waals surface area contributed by atoms with Crippen LogP contribution in [0, 0.1) is 13.8 Å². The molecule has 160 valence electrons. The van der Waals surface area contributed by atoms with Gasteiger partial charge in [-0.25, -0.2) is 0 Å². The van der Waals surface area contributed by atoms with Gasteiger partial charge in [-0.1, -0.05) is 42.5 Å². The van der Waals surface area contributed by atoms with E-state index in [1.54, 1.807) is 25.2 Å². The highest BCUT2D eigenvalue weighted by Crippen LogP contribution is 2.25. The van der Waals surface area contributed by atoms with Crippen LogP contribution in [-0.4, -0.2) is 36.9 Å². The van der Waals surface area contributed by atoms with Crippen LogP contribution in [0.1, 0.15) is 11.1 Å². The van der Waals surface area contributed by atoms with Gasteiger partial charge >= 0.3 is 0 Å². The van der Waals surface area contributed by atoms with Crippen LogP contribution >= 0.6 is 0 Å². The van der Waals surface area contributed by atoms with E-state index in [1.165, 1.54) is 4.90 Å². The summed E-state index contributed by atoms with van der Waals surface area (Å²) in [5, 5.41) is 2.88. The van der Waals surface area contributed by atoms with Crippen LogP contribution in [0.15, 0.2) is 72.8 Å². The maximum Gasteiger partial charge on any atom is 0.260 e. The fraction of sp³-hybridized carbons (Fsp3) is 0.200. The summed E-state index contributed by atoms with van der Waals surface area (Å²) in [5.41, 5.74) is 2.73. The van der Waals surface area contributed by atoms with Gasteiger partial charge in [0.05, 0.1) is 6.54 Å². The van der Waals surface area contributed by atoms with Crippen molar-refractivity contribution in [2.75, 3.05) is 25.5 Å². The molecule has 0 atom stereocenters. The molecule has 0 unspecified atom stereocenters. The third kappa shape index (κ3) is 6.34. The van der Waals surface area contributed by atoms with Crippen molar-refractivity contribution in [3.8, 4) is 17.2 Å². The van der Waals surface area contributed by atoms with Gasteiger partial charge < -0.3 is 19.7 Å². The standard InChI is InChI=1S/C25H26N2O4/c1-18-9-7-10-19(2)25(18)26-23(28)16-27(3)24(29)17-30-21-13-8-14-22(15-21)31-20-11-5-4-6-12-20/h4-15H,16-17H2,1-3H3,(H,26,28). The van der Waals surface area contributed by atoms with Crippen molar-refractivity contribution < 1.29 is 19.1 Å². The Morgan fingerprint density at radius 3 is 2.16 bits per heavy atom. The first-order valence-electron chi connectivity index (χ1n) is 9.98. The van der Waals surface area contributed by atoms with Crippen molar-refractivity contribution in [1.29, 1.82) is 0 Å². The van der Waals surface area contributed by atoms with Gasteiger partial charge in [-0.2, -0.15) is 0 Å². The SMILES string of the molecule is Cc1cccc(C)c1NC(=O)CN(C)C(=O)COc1cccc(Oc2ccccc2)c1. The molecule has 0 fully saturated rings. The molecule has 31 heavy (non-hydrogen) atoms. The molecule has 0 bridgehead atoms. The number of amides is 2. The topological polar surface area (TPSA) is 67.9 Å². The Hall–Kier alpha value is -3.80. The number of ether oxygens (including phenoxy) is 2. The number of hydrogen-bond acceptors (Lipinski definition) is 4. The predicted molar refractivity (Wildman–Crippen MR) is 121 cm³/mol. The number of hydrogen-bond donors (Lipinski definition) is 1. The number of aryl methyl sites for hydroxylation is 2. The monoisotopic (exact) mass is 418 g/mol. The average molecular weight is 418 g/mol. The second kappa shape index (κ2) is 10.3. The molecule has 3 rings (SSSR count). The highest BCUT2D eigenvalue weighted by Gasteiger charge is 2.15. The van der Waals surface area contributed by atoms with E-state index in [4.69, 9.17) is 9.47 Å². The minimum atomic E-state index is -0.300. The number of para-hydroxylation sites is 2. The molecule has 3 aromatic rings. The molecular weight excluding hydrogens is 392 g/mol. The predicted octanol–water partition coefficient (Wildman–Crippen LogP) is 4.57. The molecule has 3 aromatic carbocycles. The van der Waals surface area contributed by atoms with Crippen molar-refractivity contribution in [1.82, 2.24) is 4.90 Å². The van der Waals surface area contributed by atoms with E-state index in [9.17, 15) is 9.59 Å². The number of carbonyl (C=O) groups is 2. The molecule has 6 heteroatoms. The van der Waals surface area contributed by atoms with Crippen LogP contribution < -0.4 is 14.8 Å². The Bertz CT molecular complexity index is 1030. The summed E-state index contributed by atoms with van der Waals surface area (Å²) in [6.07, 6.45) is 0. The Morgan fingerprint density at radius 2 is 1.45 bits per heavy atom. The van der Waals surface area contributed by atoms with Crippen molar-refractivity contribution in [3.05, 3.63) is 83.9 Å². The first-order chi connectivity index (χ1) is 14.9. The van der Waals surface area contributed by atoms with E-state index in [1.807, 2.05) is 68.4 Å². The molecule has 1 N–H and O–H groups in total. The summed E-state index contributed by atoms with van der Waals surface area (Å²) in [6, 6.07) is 22.3. The third-order valence-electron chi connectivity index (χ3n) is 4.70. The second-order valence-corrected chi connectivity index (χ2v) is 7.24. The van der Waals surface area contributed by atoms with E-state index in [2.05, 4.69) is 5.32 Å². The zero-order valence-electron chi connectivity index (χ0n) is 17.9. The minimum Gasteiger partial charge on any atom is -0.484 e. The van der Waals surface area contributed by atoms with Crippen LogP contribution in [0.5, 0.6) is 17.2 Å². The van der Waals surface area contributed by atoms with Gasteiger partial charge in [-0.3, -0.25) is 9.59 Å². The average Bonchev–Trinajstić information content (AvgIpc) is 2.75. The molecule has 6 nitrogen and oxygen atoms in total. The van der Waals surface area contributed by atoms with E-state index in [0.717, 1.165) is 16.8 Å². The zero-order valence-corrected chi connectivity index (χ0v) is 17.9. The van der Waals surface area contributed by atoms with Crippen molar-refractivity contribution in [2.24, 2.45) is 0 Å². The number of carbonyl (C=O) groups excluding carboxylic acids is 2. The zero-order chi connectivity index (χ0) is 22.2. The lowest BCUT2D eigenvalue weighted by Gasteiger charge is -2.18. The normalized spacial score (nSPS) is 10.3. The molecule has 0 radical (unpaired) electrons. The second-order valence-electron chi connectivity index (χ2n) is 7.24. The van der Waals surface area contributed by atoms with Crippen LogP contribution in [-0.2, 0) is 9.59 Å². The van der Waals surface area contributed by atoms with Gasteiger partial charge in [0.2, 0.25) is 5.91 Å². The van der Waals surface area contributed by atoms with E-state index >= 15 is 0 Å². The summed E-state index contributed by atoms with van der Waals surface area (Å²) in [6.45, 7) is 3.62. The highest BCUT2D eigenvalue weighted by molar-refractivity contribution is 5.95. The van der Waals surface area contributed by atoms with Crippen LogP contribution in [0.2, 0.25) is 0 Å². The molecule has 0 aliphatic rings. The first kappa shape index (κ1) is 21.9. The fourth-order valence-corrected chi connectivity index (χ4v) is 3.00. The van der Waals surface area contributed by atoms with E-state index < -0.39 is 0 Å². The van der Waals surface area contributed by atoms with Gasteiger partial charge in [0.25, 0.3) is 5.91 Å². The number of benzene rings is 3. The van der Waals surface area contributed by atoms with Crippen LogP contribution in [0.25, 0.3) is 0 Å². The van der Waals surface area contributed by atoms with E-state index in [0.29, 0.717) is 17.2 Å². The Morgan fingerprint density at radius 1 is 0.839 bits per heavy atom. The molecule has 0 aliphatic carbocycles. The molecule has 0 saturated carbocycles. The third-order valence-corrected chi connectivity index (χ3v) is 4.70. The van der Waals surface area contributed by atoms with Crippen molar-refractivity contribution >= 4 is 17.5 Å². The first-order valence-corrected chi connectivity index (χ1v) is 9.98. The smallest absolute Gasteiger partial charge is 0.260 e. The number of likely N-dealkylation sites (N-methyl/N-ethyl adjacent to an activating group) is 1. The van der Waals surface area contributed by atoms with Crippen LogP contribution in [0.4, 0.5) is 5.69 Å². The summed E-state index contributed by atoms with van der Waals surface area (Å²) in [5.74, 6) is 1.27. The number of nitrogens with one attached hydrogen (secondary N) is 1. The Kier molecular flexibility index (Phi) is 7.27. The molecule has 0 aliphatic heterocycles. The lowest BCUT2D eigenvalue weighted by atomic mass is 10.1. The number of nitrogens with zero attached hydrogens (tertiary/aromatic N) is 1. The van der Waals surface area contributed by atoms with Gasteiger partial charge in [-0.05, 0) is 49.2 Å².